The van der Waals surface area contributed by atoms with E-state index in [1.165, 1.54) is 0 Å². The van der Waals surface area contributed by atoms with Gasteiger partial charge in [-0.25, -0.2) is 4.99 Å². The zero-order valence-corrected chi connectivity index (χ0v) is 21.1. The second kappa shape index (κ2) is 15.5. The van der Waals surface area contributed by atoms with Gasteiger partial charge in [0.25, 0.3) is 0 Å². The predicted octanol–water partition coefficient (Wildman–Crippen LogP) is 4.44. The highest BCUT2D eigenvalue weighted by atomic mass is 127. The molecule has 1 aromatic carbocycles. The Morgan fingerprint density at radius 3 is 2.66 bits per heavy atom. The maximum Gasteiger partial charge on any atom is 0.422 e. The summed E-state index contributed by atoms with van der Waals surface area (Å²) < 4.78 is 53.7. The molecule has 1 aliphatic rings. The number of guanidine groups is 1. The van der Waals surface area contributed by atoms with Gasteiger partial charge in [-0.2, -0.15) is 13.2 Å². The number of alkyl halides is 3. The SMILES string of the molecule is CCNC(=NCc1ccc(C)cc1OCC(F)(F)F)NCCCOCC1CCOCC1.I. The molecule has 0 amide bonds. The summed E-state index contributed by atoms with van der Waals surface area (Å²) in [6.07, 6.45) is -1.43. The summed E-state index contributed by atoms with van der Waals surface area (Å²) in [4.78, 5) is 4.49. The van der Waals surface area contributed by atoms with Gasteiger partial charge in [0.05, 0.1) is 6.54 Å². The molecule has 1 aromatic rings. The molecular weight excluding hydrogens is 538 g/mol. The molecule has 0 bridgehead atoms. The Bertz CT molecular complexity index is 684. The third-order valence-corrected chi connectivity index (χ3v) is 4.82. The second-order valence-electron chi connectivity index (χ2n) is 7.62. The van der Waals surface area contributed by atoms with Crippen molar-refractivity contribution in [3.05, 3.63) is 29.3 Å². The molecule has 1 saturated heterocycles. The number of hydrogen-bond donors (Lipinski definition) is 2. The van der Waals surface area contributed by atoms with Crippen LogP contribution in [-0.4, -0.2) is 58.3 Å². The number of hydrogen-bond acceptors (Lipinski definition) is 4. The zero-order chi connectivity index (χ0) is 22.5. The first kappa shape index (κ1) is 28.8. The molecule has 10 heteroatoms. The molecule has 0 aliphatic carbocycles. The first-order valence-corrected chi connectivity index (χ1v) is 10.8. The van der Waals surface area contributed by atoms with Crippen molar-refractivity contribution in [1.29, 1.82) is 0 Å². The van der Waals surface area contributed by atoms with Crippen LogP contribution < -0.4 is 15.4 Å². The number of nitrogens with one attached hydrogen (secondary N) is 2. The lowest BCUT2D eigenvalue weighted by Crippen LogP contribution is -2.38. The lowest BCUT2D eigenvalue weighted by molar-refractivity contribution is -0.153. The summed E-state index contributed by atoms with van der Waals surface area (Å²) in [5, 5.41) is 6.38. The van der Waals surface area contributed by atoms with Crippen LogP contribution in [0.1, 0.15) is 37.3 Å². The van der Waals surface area contributed by atoms with E-state index < -0.39 is 12.8 Å². The molecule has 2 rings (SSSR count). The number of nitrogens with zero attached hydrogens (tertiary/aromatic N) is 1. The molecule has 0 spiro atoms. The van der Waals surface area contributed by atoms with Crippen LogP contribution in [0.4, 0.5) is 13.2 Å². The van der Waals surface area contributed by atoms with Gasteiger partial charge in [-0.1, -0.05) is 12.1 Å². The van der Waals surface area contributed by atoms with Crippen LogP contribution in [0.3, 0.4) is 0 Å². The van der Waals surface area contributed by atoms with Gasteiger partial charge in [-0.3, -0.25) is 0 Å². The molecule has 0 atom stereocenters. The molecule has 1 fully saturated rings. The molecule has 1 heterocycles. The average molecular weight is 573 g/mol. The summed E-state index contributed by atoms with van der Waals surface area (Å²) >= 11 is 0. The van der Waals surface area contributed by atoms with Crippen LogP contribution in [0.25, 0.3) is 0 Å². The Labute approximate surface area is 205 Å². The minimum Gasteiger partial charge on any atom is -0.484 e. The zero-order valence-electron chi connectivity index (χ0n) is 18.8. The summed E-state index contributed by atoms with van der Waals surface area (Å²) in [5.41, 5.74) is 1.43. The largest absolute Gasteiger partial charge is 0.484 e. The fourth-order valence-corrected chi connectivity index (χ4v) is 3.14. The predicted molar refractivity (Wildman–Crippen MR) is 130 cm³/mol. The minimum atomic E-state index is -4.38. The molecule has 32 heavy (non-hydrogen) atoms. The first-order chi connectivity index (χ1) is 14.9. The van der Waals surface area contributed by atoms with Gasteiger partial charge in [0, 0.05) is 45.1 Å². The van der Waals surface area contributed by atoms with Gasteiger partial charge < -0.3 is 24.8 Å². The number of halogens is 4. The molecule has 6 nitrogen and oxygen atoms in total. The Morgan fingerprint density at radius 1 is 1.22 bits per heavy atom. The van der Waals surface area contributed by atoms with Crippen molar-refractivity contribution < 1.29 is 27.4 Å². The number of aliphatic imine (C=N–C) groups is 1. The number of benzene rings is 1. The van der Waals surface area contributed by atoms with Crippen LogP contribution >= 0.6 is 24.0 Å². The Morgan fingerprint density at radius 2 is 1.97 bits per heavy atom. The number of aryl methyl sites for hydroxylation is 1. The van der Waals surface area contributed by atoms with Crippen LogP contribution in [0.2, 0.25) is 0 Å². The van der Waals surface area contributed by atoms with Crippen molar-refractivity contribution in [2.45, 2.75) is 45.8 Å². The maximum atomic E-state index is 12.5. The fraction of sp³-hybridized carbons (Fsp3) is 0.682. The van der Waals surface area contributed by atoms with Crippen molar-refractivity contribution in [3.63, 3.8) is 0 Å². The van der Waals surface area contributed by atoms with Gasteiger partial charge >= 0.3 is 6.18 Å². The van der Waals surface area contributed by atoms with Crippen molar-refractivity contribution in [1.82, 2.24) is 10.6 Å². The van der Waals surface area contributed by atoms with Crippen LogP contribution in [0.15, 0.2) is 23.2 Å². The van der Waals surface area contributed by atoms with E-state index in [1.807, 2.05) is 19.9 Å². The van der Waals surface area contributed by atoms with Crippen LogP contribution in [0, 0.1) is 12.8 Å². The third kappa shape index (κ3) is 12.1. The molecular formula is C22H35F3IN3O3. The van der Waals surface area contributed by atoms with Crippen molar-refractivity contribution in [3.8, 4) is 5.75 Å². The molecule has 0 radical (unpaired) electrons. The summed E-state index contributed by atoms with van der Waals surface area (Å²) in [5.74, 6) is 1.40. The van der Waals surface area contributed by atoms with Gasteiger partial charge in [0.15, 0.2) is 12.6 Å². The highest BCUT2D eigenvalue weighted by molar-refractivity contribution is 14.0. The Hall–Kier alpha value is -1.27. The van der Waals surface area contributed by atoms with E-state index in [0.29, 0.717) is 37.1 Å². The van der Waals surface area contributed by atoms with Crippen molar-refractivity contribution in [2.24, 2.45) is 10.9 Å². The fourth-order valence-electron chi connectivity index (χ4n) is 3.14. The lowest BCUT2D eigenvalue weighted by atomic mass is 10.0. The third-order valence-electron chi connectivity index (χ3n) is 4.82. The standard InChI is InChI=1S/C22H34F3N3O3.HI/c1-3-26-21(27-9-4-10-30-15-18-7-11-29-12-8-18)28-14-19-6-5-17(2)13-20(19)31-16-22(23,24)25;/h5-6,13,18H,3-4,7-12,14-16H2,1-2H3,(H2,26,27,28);1H. The molecule has 0 aromatic heterocycles. The van der Waals surface area contributed by atoms with E-state index in [-0.39, 0.29) is 36.3 Å². The highest BCUT2D eigenvalue weighted by Gasteiger charge is 2.28. The Kier molecular flexibility index (Phi) is 14.0. The maximum absolute atomic E-state index is 12.5. The normalized spacial score (nSPS) is 15.2. The summed E-state index contributed by atoms with van der Waals surface area (Å²) in [6, 6.07) is 5.19. The van der Waals surface area contributed by atoms with E-state index in [1.54, 1.807) is 12.1 Å². The van der Waals surface area contributed by atoms with Crippen molar-refractivity contribution in [2.75, 3.05) is 46.1 Å². The van der Waals surface area contributed by atoms with Gasteiger partial charge in [0.1, 0.15) is 5.75 Å². The van der Waals surface area contributed by atoms with Gasteiger partial charge in [-0.15, -0.1) is 24.0 Å². The number of rotatable bonds is 11. The van der Waals surface area contributed by atoms with E-state index >= 15 is 0 Å². The monoisotopic (exact) mass is 573 g/mol. The smallest absolute Gasteiger partial charge is 0.422 e. The quantitative estimate of drug-likeness (QED) is 0.178. The highest BCUT2D eigenvalue weighted by Crippen LogP contribution is 2.24. The molecule has 2 N–H and O–H groups in total. The second-order valence-corrected chi connectivity index (χ2v) is 7.62. The van der Waals surface area contributed by atoms with Crippen LogP contribution in [-0.2, 0) is 16.0 Å². The molecule has 184 valence electrons. The summed E-state index contributed by atoms with van der Waals surface area (Å²) in [7, 11) is 0. The van der Waals surface area contributed by atoms with E-state index in [9.17, 15) is 13.2 Å². The average Bonchev–Trinajstić information content (AvgIpc) is 2.74. The van der Waals surface area contributed by atoms with E-state index in [2.05, 4.69) is 15.6 Å². The summed E-state index contributed by atoms with van der Waals surface area (Å²) in [6.45, 7) is 7.10. The molecule has 0 saturated carbocycles. The van der Waals surface area contributed by atoms with E-state index in [4.69, 9.17) is 14.2 Å². The molecule has 1 aliphatic heterocycles. The van der Waals surface area contributed by atoms with Gasteiger partial charge in [-0.05, 0) is 50.7 Å². The van der Waals surface area contributed by atoms with E-state index in [0.717, 1.165) is 44.6 Å². The molecule has 0 unspecified atom stereocenters. The first-order valence-electron chi connectivity index (χ1n) is 10.8. The number of ether oxygens (including phenoxy) is 3. The van der Waals surface area contributed by atoms with Crippen LogP contribution in [0.5, 0.6) is 5.75 Å². The lowest BCUT2D eigenvalue weighted by Gasteiger charge is -2.21. The Balaban J connectivity index is 0.00000512. The van der Waals surface area contributed by atoms with Gasteiger partial charge in [0.2, 0.25) is 0 Å². The minimum absolute atomic E-state index is 0. The van der Waals surface area contributed by atoms with Crippen molar-refractivity contribution >= 4 is 29.9 Å². The topological polar surface area (TPSA) is 64.1 Å².